The Morgan fingerprint density at radius 3 is 2.54 bits per heavy atom. The van der Waals surface area contributed by atoms with E-state index in [2.05, 4.69) is 46.5 Å². The number of rotatable bonds is 4. The van der Waals surface area contributed by atoms with Crippen molar-refractivity contribution in [1.29, 1.82) is 0 Å². The molecule has 0 spiro atoms. The molecule has 2 aliphatic rings. The van der Waals surface area contributed by atoms with E-state index >= 15 is 0 Å². The summed E-state index contributed by atoms with van der Waals surface area (Å²) in [6.45, 7) is 4.33. The van der Waals surface area contributed by atoms with Gasteiger partial charge < -0.3 is 9.62 Å². The maximum atomic E-state index is 13.8. The Morgan fingerprint density at radius 2 is 1.85 bits per heavy atom. The molecular formula is C22H23FN2S. The van der Waals surface area contributed by atoms with Crippen LogP contribution in [0.25, 0.3) is 11.8 Å². The average Bonchev–Trinajstić information content (AvgIpc) is 3.18. The highest BCUT2D eigenvalue weighted by atomic mass is 32.2. The van der Waals surface area contributed by atoms with Crippen LogP contribution in [0.4, 0.5) is 15.8 Å². The van der Waals surface area contributed by atoms with Crippen molar-refractivity contribution in [3.63, 3.8) is 0 Å². The third-order valence-corrected chi connectivity index (χ3v) is 5.72. The Hall–Kier alpha value is -2.20. The molecule has 1 N–H and O–H groups in total. The van der Waals surface area contributed by atoms with Crippen LogP contribution in [0.5, 0.6) is 0 Å². The van der Waals surface area contributed by atoms with Crippen LogP contribution in [-0.4, -0.2) is 6.26 Å². The first-order valence-corrected chi connectivity index (χ1v) is 10.3. The molecule has 2 nitrogen and oxygen atoms in total. The topological polar surface area (TPSA) is 15.3 Å². The van der Waals surface area contributed by atoms with Crippen LogP contribution >= 0.6 is 11.9 Å². The predicted molar refractivity (Wildman–Crippen MR) is 111 cm³/mol. The number of nitrogens with one attached hydrogen (secondary N) is 1. The lowest BCUT2D eigenvalue weighted by Gasteiger charge is -2.36. The van der Waals surface area contributed by atoms with Crippen LogP contribution in [0, 0.1) is 11.7 Å². The van der Waals surface area contributed by atoms with E-state index in [4.69, 9.17) is 0 Å². The summed E-state index contributed by atoms with van der Waals surface area (Å²) in [5, 5.41) is 0. The number of halogens is 1. The van der Waals surface area contributed by atoms with Gasteiger partial charge in [0.2, 0.25) is 0 Å². The molecule has 2 aromatic rings. The molecular weight excluding hydrogens is 343 g/mol. The Labute approximate surface area is 158 Å². The van der Waals surface area contributed by atoms with Crippen molar-refractivity contribution in [1.82, 2.24) is 0 Å². The number of hydrogen-bond donors (Lipinski definition) is 1. The van der Waals surface area contributed by atoms with Crippen LogP contribution < -0.4 is 9.62 Å². The second-order valence-electron chi connectivity index (χ2n) is 6.92. The molecule has 0 bridgehead atoms. The number of benzene rings is 2. The van der Waals surface area contributed by atoms with Crippen molar-refractivity contribution in [2.24, 2.45) is 5.92 Å². The molecule has 1 heterocycles. The third-order valence-electron chi connectivity index (χ3n) is 5.28. The first-order valence-electron chi connectivity index (χ1n) is 9.07. The van der Waals surface area contributed by atoms with Crippen molar-refractivity contribution < 1.29 is 4.39 Å². The van der Waals surface area contributed by atoms with Gasteiger partial charge in [-0.15, -0.1) is 0 Å². The molecule has 0 radical (unpaired) electrons. The van der Waals surface area contributed by atoms with Crippen LogP contribution in [0.1, 0.15) is 36.8 Å². The number of anilines is 2. The number of nitrogens with zero attached hydrogens (tertiary/aromatic N) is 1. The van der Waals surface area contributed by atoms with E-state index in [1.54, 1.807) is 18.0 Å². The van der Waals surface area contributed by atoms with E-state index in [-0.39, 0.29) is 5.82 Å². The van der Waals surface area contributed by atoms with E-state index in [1.807, 2.05) is 12.3 Å². The normalized spacial score (nSPS) is 17.2. The Kier molecular flexibility index (Phi) is 4.77. The zero-order valence-electron chi connectivity index (χ0n) is 15.0. The molecule has 1 aliphatic carbocycles. The lowest BCUT2D eigenvalue weighted by atomic mass is 9.91. The summed E-state index contributed by atoms with van der Waals surface area (Å²) in [6.07, 6.45) is 9.20. The van der Waals surface area contributed by atoms with Crippen molar-refractivity contribution in [2.45, 2.75) is 25.7 Å². The van der Waals surface area contributed by atoms with E-state index < -0.39 is 0 Å². The standard InChI is InChI=1S/C22H23FN2S/c1-15-21-14-18(23)8-7-17(21)13-22(16-5-3-4-6-16)25(15)20-11-9-19(10-12-20)24-26-2/h7-14,16,24H,1,3-6H2,2H3. The van der Waals surface area contributed by atoms with Crippen LogP contribution in [0.15, 0.2) is 54.7 Å². The summed E-state index contributed by atoms with van der Waals surface area (Å²) >= 11 is 1.58. The van der Waals surface area contributed by atoms with E-state index in [1.165, 1.54) is 37.4 Å². The summed E-state index contributed by atoms with van der Waals surface area (Å²) in [4.78, 5) is 2.22. The second-order valence-corrected chi connectivity index (χ2v) is 7.53. The highest BCUT2D eigenvalue weighted by Gasteiger charge is 2.30. The summed E-state index contributed by atoms with van der Waals surface area (Å²) in [5.74, 6) is 0.316. The zero-order chi connectivity index (χ0) is 18.1. The fraction of sp³-hybridized carbons (Fsp3) is 0.273. The average molecular weight is 367 g/mol. The van der Waals surface area contributed by atoms with Crippen LogP contribution in [-0.2, 0) is 0 Å². The van der Waals surface area contributed by atoms with Gasteiger partial charge in [-0.2, -0.15) is 0 Å². The highest BCUT2D eigenvalue weighted by Crippen LogP contribution is 2.43. The number of hydrogen-bond acceptors (Lipinski definition) is 3. The molecule has 1 fully saturated rings. The zero-order valence-corrected chi connectivity index (χ0v) is 15.8. The first kappa shape index (κ1) is 17.2. The van der Waals surface area contributed by atoms with Crippen molar-refractivity contribution in [3.8, 4) is 0 Å². The molecule has 26 heavy (non-hydrogen) atoms. The van der Waals surface area contributed by atoms with Gasteiger partial charge in [-0.3, -0.25) is 0 Å². The SMILES string of the molecule is C=C1c2cc(F)ccc2C=C(C2CCCC2)N1c1ccc(NSC)cc1. The van der Waals surface area contributed by atoms with Crippen molar-refractivity contribution >= 4 is 35.1 Å². The number of fused-ring (bicyclic) bond motifs is 1. The van der Waals surface area contributed by atoms with Gasteiger partial charge in [-0.05, 0) is 66.8 Å². The fourth-order valence-electron chi connectivity index (χ4n) is 4.03. The number of allylic oxidation sites excluding steroid dienone is 1. The minimum absolute atomic E-state index is 0.220. The van der Waals surface area contributed by atoms with Gasteiger partial charge in [-0.25, -0.2) is 4.39 Å². The minimum atomic E-state index is -0.220. The smallest absolute Gasteiger partial charge is 0.123 e. The molecule has 0 unspecified atom stereocenters. The quantitative estimate of drug-likeness (QED) is 0.619. The molecule has 134 valence electrons. The molecule has 4 heteroatoms. The van der Waals surface area contributed by atoms with Gasteiger partial charge in [0.25, 0.3) is 0 Å². The molecule has 0 amide bonds. The van der Waals surface area contributed by atoms with E-state index in [0.29, 0.717) is 5.92 Å². The fourth-order valence-corrected chi connectivity index (χ4v) is 4.40. The molecule has 2 aromatic carbocycles. The summed E-state index contributed by atoms with van der Waals surface area (Å²) in [5.41, 5.74) is 6.23. The van der Waals surface area contributed by atoms with Crippen LogP contribution in [0.2, 0.25) is 0 Å². The summed E-state index contributed by atoms with van der Waals surface area (Å²) < 4.78 is 17.1. The molecule has 4 rings (SSSR count). The summed E-state index contributed by atoms with van der Waals surface area (Å²) in [6, 6.07) is 13.4. The van der Waals surface area contributed by atoms with Crippen molar-refractivity contribution in [2.75, 3.05) is 15.9 Å². The third kappa shape index (κ3) is 3.14. The Bertz CT molecular complexity index is 851. The lowest BCUT2D eigenvalue weighted by Crippen LogP contribution is -2.27. The van der Waals surface area contributed by atoms with Gasteiger partial charge in [0.05, 0.1) is 0 Å². The second kappa shape index (κ2) is 7.20. The van der Waals surface area contributed by atoms with Gasteiger partial charge in [0.15, 0.2) is 0 Å². The summed E-state index contributed by atoms with van der Waals surface area (Å²) in [7, 11) is 0. The van der Waals surface area contributed by atoms with Crippen molar-refractivity contribution in [3.05, 3.63) is 71.7 Å². The van der Waals surface area contributed by atoms with E-state index in [9.17, 15) is 4.39 Å². The minimum Gasteiger partial charge on any atom is -0.330 e. The molecule has 1 aliphatic heterocycles. The molecule has 0 saturated heterocycles. The lowest BCUT2D eigenvalue weighted by molar-refractivity contribution is 0.624. The predicted octanol–water partition coefficient (Wildman–Crippen LogP) is 6.54. The van der Waals surface area contributed by atoms with Gasteiger partial charge in [0.1, 0.15) is 5.82 Å². The van der Waals surface area contributed by atoms with Gasteiger partial charge in [0, 0.05) is 34.6 Å². The maximum absolute atomic E-state index is 13.8. The molecule has 0 atom stereocenters. The highest BCUT2D eigenvalue weighted by molar-refractivity contribution is 7.99. The monoisotopic (exact) mass is 366 g/mol. The van der Waals surface area contributed by atoms with Gasteiger partial charge >= 0.3 is 0 Å². The van der Waals surface area contributed by atoms with Crippen LogP contribution in [0.3, 0.4) is 0 Å². The van der Waals surface area contributed by atoms with Gasteiger partial charge in [-0.1, -0.05) is 37.4 Å². The Balaban J connectivity index is 1.78. The molecule has 1 saturated carbocycles. The Morgan fingerprint density at radius 1 is 1.12 bits per heavy atom. The van der Waals surface area contributed by atoms with E-state index in [0.717, 1.165) is 28.2 Å². The maximum Gasteiger partial charge on any atom is 0.123 e. The molecule has 0 aromatic heterocycles. The first-order chi connectivity index (χ1) is 12.7. The largest absolute Gasteiger partial charge is 0.330 e.